The van der Waals surface area contributed by atoms with Crippen molar-refractivity contribution in [2.45, 2.75) is 20.0 Å². The first-order valence-corrected chi connectivity index (χ1v) is 5.68. The summed E-state index contributed by atoms with van der Waals surface area (Å²) in [5.74, 6) is 0.198. The third-order valence-electron chi connectivity index (χ3n) is 2.27. The van der Waals surface area contributed by atoms with E-state index in [1.165, 1.54) is 6.92 Å². The summed E-state index contributed by atoms with van der Waals surface area (Å²) < 4.78 is 45.1. The Morgan fingerprint density at radius 1 is 1.26 bits per heavy atom. The van der Waals surface area contributed by atoms with Crippen LogP contribution in [0.2, 0.25) is 0 Å². The number of alkyl halides is 3. The first-order chi connectivity index (χ1) is 8.79. The second-order valence-corrected chi connectivity index (χ2v) is 4.07. The Bertz CT molecular complexity index is 441. The van der Waals surface area contributed by atoms with E-state index in [2.05, 4.69) is 4.74 Å². The lowest BCUT2D eigenvalue weighted by molar-refractivity contribution is -0.175. The SMILES string of the molecule is CC(=O)c1cc(C)ccc1OCCOCC(F)(F)F. The summed E-state index contributed by atoms with van der Waals surface area (Å²) in [6, 6.07) is 5.06. The van der Waals surface area contributed by atoms with Gasteiger partial charge in [-0.15, -0.1) is 0 Å². The summed E-state index contributed by atoms with van der Waals surface area (Å²) in [6.07, 6.45) is -4.34. The third kappa shape index (κ3) is 5.74. The number of ketones is 1. The summed E-state index contributed by atoms with van der Waals surface area (Å²) >= 11 is 0. The Hall–Kier alpha value is -1.56. The molecule has 0 heterocycles. The Morgan fingerprint density at radius 2 is 1.95 bits per heavy atom. The van der Waals surface area contributed by atoms with E-state index < -0.39 is 12.8 Å². The van der Waals surface area contributed by atoms with Crippen LogP contribution in [0.15, 0.2) is 18.2 Å². The van der Waals surface area contributed by atoms with Crippen molar-refractivity contribution in [1.82, 2.24) is 0 Å². The van der Waals surface area contributed by atoms with Crippen LogP contribution >= 0.6 is 0 Å². The molecule has 1 rings (SSSR count). The number of benzene rings is 1. The number of hydrogen-bond acceptors (Lipinski definition) is 3. The highest BCUT2D eigenvalue weighted by molar-refractivity contribution is 5.97. The van der Waals surface area contributed by atoms with Crippen LogP contribution in [0.5, 0.6) is 5.75 Å². The van der Waals surface area contributed by atoms with E-state index >= 15 is 0 Å². The lowest BCUT2D eigenvalue weighted by Gasteiger charge is -2.11. The summed E-state index contributed by atoms with van der Waals surface area (Å²) in [6.45, 7) is 1.71. The van der Waals surface area contributed by atoms with Crippen LogP contribution in [0.25, 0.3) is 0 Å². The van der Waals surface area contributed by atoms with Crippen LogP contribution in [0.1, 0.15) is 22.8 Å². The maximum absolute atomic E-state index is 11.8. The van der Waals surface area contributed by atoms with E-state index in [4.69, 9.17) is 4.74 Å². The van der Waals surface area contributed by atoms with Gasteiger partial charge in [0.15, 0.2) is 5.78 Å². The number of rotatable bonds is 6. The van der Waals surface area contributed by atoms with E-state index in [9.17, 15) is 18.0 Å². The van der Waals surface area contributed by atoms with Gasteiger partial charge in [-0.1, -0.05) is 11.6 Å². The maximum atomic E-state index is 11.8. The topological polar surface area (TPSA) is 35.5 Å². The molecule has 0 aliphatic carbocycles. The number of hydrogen-bond donors (Lipinski definition) is 0. The molecule has 0 atom stereocenters. The van der Waals surface area contributed by atoms with Crippen LogP contribution in [0.4, 0.5) is 13.2 Å². The molecule has 106 valence electrons. The van der Waals surface area contributed by atoms with Gasteiger partial charge in [-0.3, -0.25) is 4.79 Å². The molecule has 19 heavy (non-hydrogen) atoms. The summed E-state index contributed by atoms with van der Waals surface area (Å²) in [7, 11) is 0. The normalized spacial score (nSPS) is 11.4. The van der Waals surface area contributed by atoms with Gasteiger partial charge in [0.2, 0.25) is 0 Å². The molecule has 0 aliphatic heterocycles. The maximum Gasteiger partial charge on any atom is 0.411 e. The molecular formula is C13H15F3O3. The second kappa shape index (κ2) is 6.56. The fourth-order valence-corrected chi connectivity index (χ4v) is 1.44. The highest BCUT2D eigenvalue weighted by atomic mass is 19.4. The quantitative estimate of drug-likeness (QED) is 0.591. The standard InChI is InChI=1S/C13H15F3O3/c1-9-3-4-12(11(7-9)10(2)17)19-6-5-18-8-13(14,15)16/h3-4,7H,5-6,8H2,1-2H3. The van der Waals surface area contributed by atoms with Crippen LogP contribution < -0.4 is 4.74 Å². The monoisotopic (exact) mass is 276 g/mol. The summed E-state index contributed by atoms with van der Waals surface area (Å²) in [5.41, 5.74) is 1.32. The Balaban J connectivity index is 2.47. The van der Waals surface area contributed by atoms with Crippen molar-refractivity contribution in [3.63, 3.8) is 0 Å². The Morgan fingerprint density at radius 3 is 2.53 bits per heavy atom. The van der Waals surface area contributed by atoms with Gasteiger partial charge >= 0.3 is 6.18 Å². The van der Waals surface area contributed by atoms with Crippen LogP contribution in [-0.4, -0.2) is 31.8 Å². The fourth-order valence-electron chi connectivity index (χ4n) is 1.44. The number of halogens is 3. The second-order valence-electron chi connectivity index (χ2n) is 4.07. The van der Waals surface area contributed by atoms with E-state index in [-0.39, 0.29) is 19.0 Å². The number of carbonyl (C=O) groups is 1. The van der Waals surface area contributed by atoms with Crippen molar-refractivity contribution in [3.8, 4) is 5.75 Å². The van der Waals surface area contributed by atoms with Gasteiger partial charge < -0.3 is 9.47 Å². The number of Topliss-reactive ketones (excluding diaryl/α,β-unsaturated/α-hetero) is 1. The molecule has 1 aromatic carbocycles. The van der Waals surface area contributed by atoms with Crippen LogP contribution in [0, 0.1) is 6.92 Å². The summed E-state index contributed by atoms with van der Waals surface area (Å²) in [5, 5.41) is 0. The van der Waals surface area contributed by atoms with Gasteiger partial charge in [0.05, 0.1) is 12.2 Å². The molecule has 6 heteroatoms. The van der Waals surface area contributed by atoms with Crippen molar-refractivity contribution >= 4 is 5.78 Å². The fraction of sp³-hybridized carbons (Fsp3) is 0.462. The van der Waals surface area contributed by atoms with E-state index in [1.54, 1.807) is 18.2 Å². The lowest BCUT2D eigenvalue weighted by Crippen LogP contribution is -2.19. The minimum atomic E-state index is -4.34. The largest absolute Gasteiger partial charge is 0.490 e. The van der Waals surface area contributed by atoms with Gasteiger partial charge in [0.25, 0.3) is 0 Å². The zero-order valence-corrected chi connectivity index (χ0v) is 10.7. The van der Waals surface area contributed by atoms with Gasteiger partial charge in [0, 0.05) is 0 Å². The minimum absolute atomic E-state index is 0.0422. The van der Waals surface area contributed by atoms with E-state index in [0.29, 0.717) is 11.3 Å². The van der Waals surface area contributed by atoms with Crippen LogP contribution in [0.3, 0.4) is 0 Å². The molecule has 0 radical (unpaired) electrons. The van der Waals surface area contributed by atoms with Gasteiger partial charge in [-0.2, -0.15) is 13.2 Å². The first-order valence-electron chi connectivity index (χ1n) is 5.68. The average molecular weight is 276 g/mol. The van der Waals surface area contributed by atoms with E-state index in [1.807, 2.05) is 6.92 Å². The Labute approximate surface area is 109 Å². The zero-order chi connectivity index (χ0) is 14.5. The minimum Gasteiger partial charge on any atom is -0.490 e. The number of aryl methyl sites for hydroxylation is 1. The van der Waals surface area contributed by atoms with Gasteiger partial charge in [-0.05, 0) is 26.0 Å². The molecular weight excluding hydrogens is 261 g/mol. The lowest BCUT2D eigenvalue weighted by atomic mass is 10.1. The molecule has 1 aromatic rings. The van der Waals surface area contributed by atoms with Crippen molar-refractivity contribution in [3.05, 3.63) is 29.3 Å². The number of ether oxygens (including phenoxy) is 2. The third-order valence-corrected chi connectivity index (χ3v) is 2.27. The van der Waals surface area contributed by atoms with Gasteiger partial charge in [0.1, 0.15) is 19.0 Å². The summed E-state index contributed by atoms with van der Waals surface area (Å²) in [4.78, 5) is 11.4. The highest BCUT2D eigenvalue weighted by Crippen LogP contribution is 2.20. The molecule has 0 spiro atoms. The highest BCUT2D eigenvalue weighted by Gasteiger charge is 2.27. The van der Waals surface area contributed by atoms with E-state index in [0.717, 1.165) is 5.56 Å². The molecule has 0 saturated carbocycles. The van der Waals surface area contributed by atoms with Gasteiger partial charge in [-0.25, -0.2) is 0 Å². The smallest absolute Gasteiger partial charge is 0.411 e. The first kappa shape index (κ1) is 15.5. The van der Waals surface area contributed by atoms with Crippen molar-refractivity contribution < 1.29 is 27.4 Å². The molecule has 0 aliphatic rings. The molecule has 0 unspecified atom stereocenters. The average Bonchev–Trinajstić information content (AvgIpc) is 2.28. The zero-order valence-electron chi connectivity index (χ0n) is 10.7. The van der Waals surface area contributed by atoms with Crippen molar-refractivity contribution in [1.29, 1.82) is 0 Å². The predicted molar refractivity (Wildman–Crippen MR) is 63.6 cm³/mol. The molecule has 0 saturated heterocycles. The molecule has 0 fully saturated rings. The molecule has 0 bridgehead atoms. The van der Waals surface area contributed by atoms with Crippen LogP contribution in [-0.2, 0) is 4.74 Å². The van der Waals surface area contributed by atoms with Crippen molar-refractivity contribution in [2.75, 3.05) is 19.8 Å². The molecule has 0 aromatic heterocycles. The Kier molecular flexibility index (Phi) is 5.35. The molecule has 0 amide bonds. The predicted octanol–water partition coefficient (Wildman–Crippen LogP) is 3.16. The molecule has 3 nitrogen and oxygen atoms in total. The molecule has 0 N–H and O–H groups in total. The number of carbonyl (C=O) groups excluding carboxylic acids is 1. The van der Waals surface area contributed by atoms with Crippen molar-refractivity contribution in [2.24, 2.45) is 0 Å².